The van der Waals surface area contributed by atoms with Crippen molar-refractivity contribution in [3.8, 4) is 0 Å². The summed E-state index contributed by atoms with van der Waals surface area (Å²) in [7, 11) is 0. The maximum Gasteiger partial charge on any atom is 0.334 e. The summed E-state index contributed by atoms with van der Waals surface area (Å²) in [4.78, 5) is 17.3. The van der Waals surface area contributed by atoms with Gasteiger partial charge in [-0.2, -0.15) is 0 Å². The number of rotatable bonds is 1. The fourth-order valence-electron chi connectivity index (χ4n) is 7.70. The molecule has 208 valence electrons. The van der Waals surface area contributed by atoms with Crippen LogP contribution in [0.25, 0.3) is 0 Å². The molecule has 0 aromatic heterocycles. The number of hydrogen-bond acceptors (Lipinski definition) is 6. The van der Waals surface area contributed by atoms with Gasteiger partial charge in [0.25, 0.3) is 0 Å². The molecule has 5 aliphatic rings. The van der Waals surface area contributed by atoms with E-state index in [4.69, 9.17) is 14.5 Å². The molecule has 4 heterocycles. The van der Waals surface area contributed by atoms with Crippen molar-refractivity contribution in [2.24, 2.45) is 22.2 Å². The molecule has 0 unspecified atom stereocenters. The third-order valence-electron chi connectivity index (χ3n) is 10.0. The second-order valence-electron chi connectivity index (χ2n) is 12.5. The summed E-state index contributed by atoms with van der Waals surface area (Å²) in [6.45, 7) is 13.3. The number of aliphatic hydroxyl groups is 2. The molecule has 0 aromatic carbocycles. The van der Waals surface area contributed by atoms with E-state index in [1.807, 2.05) is 19.9 Å². The van der Waals surface area contributed by atoms with Crippen LogP contribution in [0.5, 0.6) is 0 Å². The zero-order chi connectivity index (χ0) is 27.2. The van der Waals surface area contributed by atoms with Gasteiger partial charge in [0.15, 0.2) is 0 Å². The fourth-order valence-corrected chi connectivity index (χ4v) is 7.70. The minimum Gasteiger partial charge on any atom is -0.450 e. The van der Waals surface area contributed by atoms with E-state index in [9.17, 15) is 15.0 Å². The molecule has 8 atom stereocenters. The van der Waals surface area contributed by atoms with Crippen LogP contribution in [-0.2, 0) is 14.3 Å². The lowest BCUT2D eigenvalue weighted by Gasteiger charge is -2.48. The van der Waals surface area contributed by atoms with E-state index in [2.05, 4.69) is 26.5 Å². The molecule has 1 aliphatic carbocycles. The topological polar surface area (TPSA) is 88.4 Å². The molecule has 0 amide bonds. The van der Waals surface area contributed by atoms with Crippen LogP contribution in [0.15, 0.2) is 51.6 Å². The first-order chi connectivity index (χ1) is 18.1. The van der Waals surface area contributed by atoms with Crippen molar-refractivity contribution in [1.29, 1.82) is 0 Å². The second-order valence-corrected chi connectivity index (χ2v) is 12.5. The summed E-state index contributed by atoms with van der Waals surface area (Å²) < 4.78 is 12.1. The third kappa shape index (κ3) is 5.00. The van der Waals surface area contributed by atoms with Crippen LogP contribution in [0.2, 0.25) is 0 Å². The second kappa shape index (κ2) is 10.9. The maximum atomic E-state index is 12.2. The van der Waals surface area contributed by atoms with Gasteiger partial charge in [0.05, 0.1) is 24.4 Å². The van der Waals surface area contributed by atoms with Crippen LogP contribution in [0.1, 0.15) is 85.5 Å². The van der Waals surface area contributed by atoms with E-state index < -0.39 is 12.2 Å². The van der Waals surface area contributed by atoms with Crippen molar-refractivity contribution in [1.82, 2.24) is 0 Å². The molecule has 1 fully saturated rings. The van der Waals surface area contributed by atoms with Crippen LogP contribution >= 0.6 is 0 Å². The smallest absolute Gasteiger partial charge is 0.334 e. The lowest BCUT2D eigenvalue weighted by molar-refractivity contribution is -0.138. The molecular weight excluding hydrogens is 478 g/mol. The molecule has 2 N–H and O–H groups in total. The number of ether oxygens (including phenoxy) is 2. The first-order valence-electron chi connectivity index (χ1n) is 14.6. The van der Waals surface area contributed by atoms with Crippen LogP contribution in [0, 0.1) is 17.3 Å². The van der Waals surface area contributed by atoms with Gasteiger partial charge in [-0.05, 0) is 107 Å². The predicted octanol–water partition coefficient (Wildman–Crippen LogP) is 5.40. The third-order valence-corrected chi connectivity index (χ3v) is 10.0. The van der Waals surface area contributed by atoms with Crippen molar-refractivity contribution >= 4 is 11.7 Å². The Morgan fingerprint density at radius 3 is 2.58 bits per heavy atom. The molecule has 2 bridgehead atoms. The molecule has 0 saturated carbocycles. The van der Waals surface area contributed by atoms with Crippen LogP contribution in [-0.4, -0.2) is 59.0 Å². The van der Waals surface area contributed by atoms with Gasteiger partial charge in [0.1, 0.15) is 6.10 Å². The summed E-state index contributed by atoms with van der Waals surface area (Å²) in [5.41, 5.74) is 5.86. The van der Waals surface area contributed by atoms with Crippen LogP contribution in [0.3, 0.4) is 0 Å². The highest BCUT2D eigenvalue weighted by Gasteiger charge is 2.48. The number of aliphatic imine (C=N–C) groups is 1. The van der Waals surface area contributed by atoms with E-state index in [0.717, 1.165) is 62.6 Å². The van der Waals surface area contributed by atoms with Crippen molar-refractivity contribution in [3.05, 3.63) is 46.6 Å². The average Bonchev–Trinajstić information content (AvgIpc) is 3.43. The lowest BCUT2D eigenvalue weighted by atomic mass is 9.57. The number of aliphatic hydroxyl groups excluding tert-OH is 2. The summed E-state index contributed by atoms with van der Waals surface area (Å²) in [5, 5.41) is 22.4. The van der Waals surface area contributed by atoms with Crippen LogP contribution < -0.4 is 0 Å². The largest absolute Gasteiger partial charge is 0.450 e. The van der Waals surface area contributed by atoms with Gasteiger partial charge in [-0.25, -0.2) is 4.79 Å². The van der Waals surface area contributed by atoms with Crippen LogP contribution in [0.4, 0.5) is 0 Å². The van der Waals surface area contributed by atoms with Gasteiger partial charge in [0, 0.05) is 29.2 Å². The number of allylic oxidation sites excluding steroid dienone is 2. The number of nitrogens with zero attached hydrogens (tertiary/aromatic N) is 1. The van der Waals surface area contributed by atoms with Gasteiger partial charge in [-0.15, -0.1) is 0 Å². The first-order valence-corrected chi connectivity index (χ1v) is 14.6. The minimum atomic E-state index is -0.629. The normalized spacial score (nSPS) is 42.2. The molecule has 6 nitrogen and oxygen atoms in total. The van der Waals surface area contributed by atoms with Gasteiger partial charge in [-0.1, -0.05) is 25.2 Å². The number of esters is 1. The fraction of sp³-hybridized carbons (Fsp3) is 0.688. The molecule has 4 aliphatic heterocycles. The van der Waals surface area contributed by atoms with Crippen molar-refractivity contribution in [3.63, 3.8) is 0 Å². The number of carbonyl (C=O) groups excluding carboxylic acids is 1. The summed E-state index contributed by atoms with van der Waals surface area (Å²) >= 11 is 0. The van der Waals surface area contributed by atoms with Gasteiger partial charge < -0.3 is 19.7 Å². The Morgan fingerprint density at radius 1 is 1.05 bits per heavy atom. The Kier molecular flexibility index (Phi) is 7.87. The molecule has 1 spiro atoms. The lowest BCUT2D eigenvalue weighted by Crippen LogP contribution is -2.45. The highest BCUT2D eigenvalue weighted by Crippen LogP contribution is 2.53. The quantitative estimate of drug-likeness (QED) is 0.355. The van der Waals surface area contributed by atoms with E-state index in [-0.39, 0.29) is 35.6 Å². The zero-order valence-corrected chi connectivity index (χ0v) is 23.5. The Balaban J connectivity index is 1.55. The summed E-state index contributed by atoms with van der Waals surface area (Å²) in [6.07, 6.45) is 10.2. The number of cyclic esters (lactones) is 1. The molecule has 6 heteroatoms. The van der Waals surface area contributed by atoms with Gasteiger partial charge in [-0.3, -0.25) is 4.99 Å². The standard InChI is InChI=1S/C32H45NO5/c1-18-16-25-21(4)24(28-17-20(3)31(36)38-28)11-13-32(25)12-6-14-33-29(32)10-9-27(35)22(5)30-19(2)15-23(37-30)7-8-26(18)34/h16-17,19,23,25-28,30,34-35H,5-15H2,1-4H3/b18-16+/t19-,23+,25+,26+,27+,28+,30+,32+/m1/s1. The zero-order valence-electron chi connectivity index (χ0n) is 23.5. The minimum absolute atomic E-state index is 0.0613. The van der Waals surface area contributed by atoms with Gasteiger partial charge in [0.2, 0.25) is 0 Å². The van der Waals surface area contributed by atoms with Gasteiger partial charge >= 0.3 is 5.97 Å². The van der Waals surface area contributed by atoms with Crippen molar-refractivity contribution in [2.45, 2.75) is 116 Å². The monoisotopic (exact) mass is 523 g/mol. The van der Waals surface area contributed by atoms with E-state index in [1.165, 1.54) is 16.9 Å². The molecule has 1 saturated heterocycles. The van der Waals surface area contributed by atoms with Crippen molar-refractivity contribution in [2.75, 3.05) is 6.54 Å². The average molecular weight is 524 g/mol. The highest BCUT2D eigenvalue weighted by molar-refractivity contribution is 5.93. The highest BCUT2D eigenvalue weighted by atomic mass is 16.5. The summed E-state index contributed by atoms with van der Waals surface area (Å²) in [5.74, 6) is 0.129. The number of fused-ring (bicyclic) bond motifs is 2. The Labute approximate surface area is 227 Å². The Hall–Kier alpha value is -2.02. The Bertz CT molecular complexity index is 1100. The molecule has 38 heavy (non-hydrogen) atoms. The van der Waals surface area contributed by atoms with Crippen molar-refractivity contribution < 1.29 is 24.5 Å². The summed E-state index contributed by atoms with van der Waals surface area (Å²) in [6, 6.07) is 0. The molecule has 5 rings (SSSR count). The Morgan fingerprint density at radius 2 is 1.84 bits per heavy atom. The molecular formula is C32H45NO5. The van der Waals surface area contributed by atoms with E-state index >= 15 is 0 Å². The van der Waals surface area contributed by atoms with E-state index in [1.54, 1.807) is 0 Å². The predicted molar refractivity (Wildman–Crippen MR) is 149 cm³/mol. The molecule has 0 aromatic rings. The maximum absolute atomic E-state index is 12.2. The first kappa shape index (κ1) is 27.5. The number of hydrogen-bond donors (Lipinski definition) is 2. The molecule has 0 radical (unpaired) electrons. The van der Waals surface area contributed by atoms with E-state index in [0.29, 0.717) is 24.3 Å². The number of carbonyl (C=O) groups is 1. The SMILES string of the molecule is C=C1[C@H]2O[C@@H](CC[C@H](O)/C(C)=C/[C@H]3C(C)=C([C@@H]4C=C(C)C(=O)O4)CC[C@@]34CCCN=C4CC[C@@H]1O)C[C@H]2C.